The number of nitrogens with zero attached hydrogens (tertiary/aromatic N) is 1. The van der Waals surface area contributed by atoms with Crippen LogP contribution in [0.4, 0.5) is 5.69 Å². The van der Waals surface area contributed by atoms with Gasteiger partial charge in [0.2, 0.25) is 10.0 Å². The van der Waals surface area contributed by atoms with E-state index in [-0.39, 0.29) is 16.3 Å². The topological polar surface area (TPSA) is 105 Å². The highest BCUT2D eigenvalue weighted by atomic mass is 32.2. The molecule has 102 valence electrons. The fourth-order valence-electron chi connectivity index (χ4n) is 1.50. The van der Waals surface area contributed by atoms with Gasteiger partial charge in [-0.2, -0.15) is 0 Å². The van der Waals surface area contributed by atoms with E-state index >= 15 is 0 Å². The average molecular weight is 299 g/mol. The molecular formula is C11H13N3O3S2. The lowest BCUT2D eigenvalue weighted by Gasteiger charge is -2.12. The maximum Gasteiger partial charge on any atom is 0.241 e. The van der Waals surface area contributed by atoms with Gasteiger partial charge in [-0.3, -0.25) is 0 Å². The number of hydrogen-bond acceptors (Lipinski definition) is 6. The third kappa shape index (κ3) is 3.03. The minimum absolute atomic E-state index is 0.00575. The summed E-state index contributed by atoms with van der Waals surface area (Å²) >= 11 is 1.37. The number of nitrogens with two attached hydrogens (primary N) is 1. The van der Waals surface area contributed by atoms with Gasteiger partial charge >= 0.3 is 0 Å². The molecule has 0 aliphatic rings. The van der Waals surface area contributed by atoms with E-state index in [1.54, 1.807) is 18.5 Å². The highest BCUT2D eigenvalue weighted by molar-refractivity contribution is 7.89. The van der Waals surface area contributed by atoms with E-state index in [2.05, 4.69) is 9.71 Å². The minimum atomic E-state index is -3.70. The normalized spacial score (nSPS) is 13.3. The lowest BCUT2D eigenvalue weighted by Crippen LogP contribution is -2.26. The lowest BCUT2D eigenvalue weighted by molar-refractivity contribution is 0.477. The summed E-state index contributed by atoms with van der Waals surface area (Å²) in [4.78, 5) is 4.06. The molecule has 4 N–H and O–H groups in total. The molecule has 1 aromatic heterocycles. The number of nitrogen functional groups attached to an aromatic ring is 1. The number of phenols is 1. The Labute approximate surface area is 115 Å². The second-order valence-electron chi connectivity index (χ2n) is 3.93. The van der Waals surface area contributed by atoms with Crippen molar-refractivity contribution in [2.75, 3.05) is 5.73 Å². The molecule has 0 saturated carbocycles. The summed E-state index contributed by atoms with van der Waals surface area (Å²) in [5.74, 6) is -0.146. The number of rotatable bonds is 4. The predicted octanol–water partition coefficient (Wildman–Crippen LogP) is 1.47. The number of sulfonamides is 1. The summed E-state index contributed by atoms with van der Waals surface area (Å²) in [7, 11) is -3.70. The van der Waals surface area contributed by atoms with Crippen molar-refractivity contribution in [2.24, 2.45) is 0 Å². The molecule has 1 atom stereocenters. The predicted molar refractivity (Wildman–Crippen MR) is 73.4 cm³/mol. The summed E-state index contributed by atoms with van der Waals surface area (Å²) in [5, 5.41) is 11.7. The Bertz CT molecular complexity index is 668. The van der Waals surface area contributed by atoms with Crippen molar-refractivity contribution in [2.45, 2.75) is 17.9 Å². The standard InChI is InChI=1S/C11H13N3O3S2/c1-7(11-13-4-5-18-11)14-19(16,17)8-2-3-10(15)9(12)6-8/h2-7,14-15H,12H2,1H3. The first-order chi connectivity index (χ1) is 8.90. The zero-order valence-corrected chi connectivity index (χ0v) is 11.7. The average Bonchev–Trinajstić information content (AvgIpc) is 2.85. The molecule has 0 fully saturated rings. The smallest absolute Gasteiger partial charge is 0.241 e. The molecule has 1 aromatic carbocycles. The number of anilines is 1. The second-order valence-corrected chi connectivity index (χ2v) is 6.57. The van der Waals surface area contributed by atoms with Crippen LogP contribution in [0.25, 0.3) is 0 Å². The number of benzene rings is 1. The molecule has 2 aromatic rings. The number of nitrogens with one attached hydrogen (secondary N) is 1. The first kappa shape index (κ1) is 13.8. The Balaban J connectivity index is 2.25. The SMILES string of the molecule is CC(NS(=O)(=O)c1ccc(O)c(N)c1)c1nccs1. The van der Waals surface area contributed by atoms with Crippen LogP contribution in [0.1, 0.15) is 18.0 Å². The molecule has 1 heterocycles. The third-order valence-corrected chi connectivity index (χ3v) is 4.96. The Morgan fingerprint density at radius 3 is 2.79 bits per heavy atom. The van der Waals surface area contributed by atoms with E-state index < -0.39 is 16.1 Å². The highest BCUT2D eigenvalue weighted by Crippen LogP contribution is 2.24. The summed E-state index contributed by atoms with van der Waals surface area (Å²) in [6, 6.07) is 3.33. The van der Waals surface area contributed by atoms with E-state index in [9.17, 15) is 13.5 Å². The fraction of sp³-hybridized carbons (Fsp3) is 0.182. The number of phenolic OH excluding ortho intramolecular Hbond substituents is 1. The molecule has 8 heteroatoms. The van der Waals surface area contributed by atoms with Crippen molar-refractivity contribution in [3.05, 3.63) is 34.8 Å². The quantitative estimate of drug-likeness (QED) is 0.585. The third-order valence-electron chi connectivity index (χ3n) is 2.46. The van der Waals surface area contributed by atoms with Gasteiger partial charge in [0.15, 0.2) is 0 Å². The number of aromatic hydroxyl groups is 1. The lowest BCUT2D eigenvalue weighted by atomic mass is 10.3. The van der Waals surface area contributed by atoms with Crippen LogP contribution >= 0.6 is 11.3 Å². The van der Waals surface area contributed by atoms with Crippen molar-refractivity contribution in [1.29, 1.82) is 0 Å². The van der Waals surface area contributed by atoms with Crippen LogP contribution in [0.2, 0.25) is 0 Å². The molecule has 0 aliphatic heterocycles. The summed E-state index contributed by atoms with van der Waals surface area (Å²) in [5.41, 5.74) is 5.51. The molecule has 0 bridgehead atoms. The maximum absolute atomic E-state index is 12.1. The Morgan fingerprint density at radius 1 is 1.47 bits per heavy atom. The van der Waals surface area contributed by atoms with Crippen LogP contribution in [-0.4, -0.2) is 18.5 Å². The zero-order chi connectivity index (χ0) is 14.0. The van der Waals surface area contributed by atoms with Crippen LogP contribution < -0.4 is 10.5 Å². The van der Waals surface area contributed by atoms with Gasteiger partial charge in [0.1, 0.15) is 10.8 Å². The number of thiazole rings is 1. The molecule has 2 rings (SSSR count). The molecule has 0 saturated heterocycles. The van der Waals surface area contributed by atoms with Gasteiger partial charge < -0.3 is 10.8 Å². The molecule has 19 heavy (non-hydrogen) atoms. The van der Waals surface area contributed by atoms with Crippen LogP contribution in [0.3, 0.4) is 0 Å². The summed E-state index contributed by atoms with van der Waals surface area (Å²) in [6.45, 7) is 1.71. The minimum Gasteiger partial charge on any atom is -0.506 e. The van der Waals surface area contributed by atoms with Gasteiger partial charge in [-0.1, -0.05) is 0 Å². The van der Waals surface area contributed by atoms with E-state index in [0.717, 1.165) is 0 Å². The Morgan fingerprint density at radius 2 is 2.21 bits per heavy atom. The Kier molecular flexibility index (Phi) is 3.74. The monoisotopic (exact) mass is 299 g/mol. The van der Waals surface area contributed by atoms with Crippen molar-refractivity contribution in [3.63, 3.8) is 0 Å². The van der Waals surface area contributed by atoms with Gasteiger partial charge in [0, 0.05) is 11.6 Å². The molecular weight excluding hydrogens is 286 g/mol. The van der Waals surface area contributed by atoms with Crippen molar-refractivity contribution in [3.8, 4) is 5.75 Å². The Hall–Kier alpha value is -1.64. The largest absolute Gasteiger partial charge is 0.506 e. The first-order valence-corrected chi connectivity index (χ1v) is 7.76. The maximum atomic E-state index is 12.1. The van der Waals surface area contributed by atoms with E-state index in [4.69, 9.17) is 5.73 Å². The highest BCUT2D eigenvalue weighted by Gasteiger charge is 2.20. The van der Waals surface area contributed by atoms with Gasteiger partial charge in [-0.25, -0.2) is 18.1 Å². The molecule has 0 radical (unpaired) electrons. The molecule has 0 amide bonds. The van der Waals surface area contributed by atoms with E-state index in [1.165, 1.54) is 29.5 Å². The molecule has 0 spiro atoms. The number of aromatic nitrogens is 1. The molecule has 0 aliphatic carbocycles. The zero-order valence-electron chi connectivity index (χ0n) is 10.1. The van der Waals surface area contributed by atoms with E-state index in [0.29, 0.717) is 5.01 Å². The van der Waals surface area contributed by atoms with Crippen molar-refractivity contribution >= 4 is 27.0 Å². The van der Waals surface area contributed by atoms with Crippen LogP contribution in [0, 0.1) is 0 Å². The van der Waals surface area contributed by atoms with Gasteiger partial charge in [0.05, 0.1) is 16.6 Å². The summed E-state index contributed by atoms with van der Waals surface area (Å²) < 4.78 is 26.8. The number of hydrogen-bond donors (Lipinski definition) is 3. The van der Waals surface area contributed by atoms with Crippen LogP contribution in [-0.2, 0) is 10.0 Å². The molecule has 1 unspecified atom stereocenters. The van der Waals surface area contributed by atoms with Crippen molar-refractivity contribution in [1.82, 2.24) is 9.71 Å². The second kappa shape index (κ2) is 5.16. The van der Waals surface area contributed by atoms with Gasteiger partial charge in [-0.05, 0) is 25.1 Å². The van der Waals surface area contributed by atoms with Crippen LogP contribution in [0.5, 0.6) is 5.75 Å². The van der Waals surface area contributed by atoms with Crippen molar-refractivity contribution < 1.29 is 13.5 Å². The van der Waals surface area contributed by atoms with Gasteiger partial charge in [-0.15, -0.1) is 11.3 Å². The van der Waals surface area contributed by atoms with Gasteiger partial charge in [0.25, 0.3) is 0 Å². The molecule has 6 nitrogen and oxygen atoms in total. The summed E-state index contributed by atoms with van der Waals surface area (Å²) in [6.07, 6.45) is 1.61. The fourth-order valence-corrected chi connectivity index (χ4v) is 3.46. The van der Waals surface area contributed by atoms with Crippen LogP contribution in [0.15, 0.2) is 34.7 Å². The van der Waals surface area contributed by atoms with E-state index in [1.807, 2.05) is 0 Å². The first-order valence-electron chi connectivity index (χ1n) is 5.40.